The van der Waals surface area contributed by atoms with Crippen molar-refractivity contribution in [2.24, 2.45) is 23.7 Å². The van der Waals surface area contributed by atoms with E-state index in [2.05, 4.69) is 48.5 Å². The normalized spacial score (nSPS) is 29.8. The minimum absolute atomic E-state index is 0.181. The summed E-state index contributed by atoms with van der Waals surface area (Å²) in [5.41, 5.74) is 9.98. The molecule has 2 saturated heterocycles. The van der Waals surface area contributed by atoms with Crippen molar-refractivity contribution in [3.8, 4) is 0 Å². The van der Waals surface area contributed by atoms with Crippen LogP contribution in [0.25, 0.3) is 0 Å². The first-order valence-corrected chi connectivity index (χ1v) is 16.8. The summed E-state index contributed by atoms with van der Waals surface area (Å²) in [6.07, 6.45) is 0. The van der Waals surface area contributed by atoms with Gasteiger partial charge in [-0.3, -0.25) is 19.2 Å². The molecule has 4 bridgehead atoms. The van der Waals surface area contributed by atoms with Gasteiger partial charge in [-0.05, 0) is 68.8 Å². The van der Waals surface area contributed by atoms with Crippen LogP contribution < -0.4 is 9.80 Å². The maximum absolute atomic E-state index is 14.3. The van der Waals surface area contributed by atoms with E-state index in [-0.39, 0.29) is 47.3 Å². The zero-order valence-corrected chi connectivity index (χ0v) is 25.7. The zero-order chi connectivity index (χ0) is 32.0. The summed E-state index contributed by atoms with van der Waals surface area (Å²) in [4.78, 5) is 59.7. The maximum atomic E-state index is 14.3. The molecular formula is C42H28N2O4. The highest BCUT2D eigenvalue weighted by Gasteiger charge is 2.63. The first kappa shape index (κ1) is 26.4. The zero-order valence-electron chi connectivity index (χ0n) is 25.7. The fourth-order valence-electron chi connectivity index (χ4n) is 10.6. The lowest BCUT2D eigenvalue weighted by atomic mass is 9.55. The molecular weight excluding hydrogens is 596 g/mol. The predicted molar refractivity (Wildman–Crippen MR) is 179 cm³/mol. The highest BCUT2D eigenvalue weighted by Crippen LogP contribution is 2.63. The molecule has 2 heterocycles. The van der Waals surface area contributed by atoms with Gasteiger partial charge in [0.15, 0.2) is 0 Å². The van der Waals surface area contributed by atoms with Crippen molar-refractivity contribution < 1.29 is 19.2 Å². The monoisotopic (exact) mass is 624 g/mol. The molecule has 0 unspecified atom stereocenters. The van der Waals surface area contributed by atoms with Crippen LogP contribution in [0.3, 0.4) is 0 Å². The standard InChI is InChI=1S/C42H28N2O4/c45-39-35-31-23-9-1-2-10-24(23)32(26-12-4-3-11-25(26)31)36(35)40(46)43(39)21-17-19-22(20-18-21)44-41(47)37-33-27-13-5-6-14-28(27)34(38(37)42(44)48)30-16-8-7-15-29(30)33/h1-20,31-38H/t31?,32?,33?,34?,35-,36-,37-,38+/m1/s1. The molecule has 0 saturated carbocycles. The third kappa shape index (κ3) is 3.00. The van der Waals surface area contributed by atoms with Crippen LogP contribution in [0.1, 0.15) is 68.2 Å². The third-order valence-electron chi connectivity index (χ3n) is 12.3. The van der Waals surface area contributed by atoms with E-state index in [0.29, 0.717) is 11.4 Å². The fraction of sp³-hybridized carbons (Fsp3) is 0.190. The second-order valence-corrected chi connectivity index (χ2v) is 14.1. The van der Waals surface area contributed by atoms with E-state index in [1.165, 1.54) is 9.80 Å². The molecule has 2 aliphatic heterocycles. The Bertz CT molecular complexity index is 1920. The summed E-state index contributed by atoms with van der Waals surface area (Å²) < 4.78 is 0. The molecule has 4 amide bonds. The first-order valence-electron chi connectivity index (χ1n) is 16.8. The van der Waals surface area contributed by atoms with Crippen LogP contribution in [0.2, 0.25) is 0 Å². The van der Waals surface area contributed by atoms with Gasteiger partial charge in [-0.15, -0.1) is 0 Å². The van der Waals surface area contributed by atoms with Gasteiger partial charge in [0, 0.05) is 23.7 Å². The lowest BCUT2D eigenvalue weighted by Gasteiger charge is -2.45. The summed E-state index contributed by atoms with van der Waals surface area (Å²) in [5.74, 6) is -3.39. The van der Waals surface area contributed by atoms with Crippen LogP contribution in [0.5, 0.6) is 0 Å². The molecule has 48 heavy (non-hydrogen) atoms. The number of imide groups is 2. The van der Waals surface area contributed by atoms with Gasteiger partial charge in [-0.1, -0.05) is 97.1 Å². The van der Waals surface area contributed by atoms with E-state index >= 15 is 0 Å². The number of carbonyl (C=O) groups is 4. The van der Waals surface area contributed by atoms with Gasteiger partial charge in [0.25, 0.3) is 0 Å². The average Bonchev–Trinajstić information content (AvgIpc) is 3.56. The molecule has 230 valence electrons. The smallest absolute Gasteiger partial charge is 0.238 e. The average molecular weight is 625 g/mol. The van der Waals surface area contributed by atoms with E-state index in [1.54, 1.807) is 24.3 Å². The molecule has 6 heteroatoms. The quantitative estimate of drug-likeness (QED) is 0.211. The number of anilines is 2. The molecule has 4 atom stereocenters. The van der Waals surface area contributed by atoms with Gasteiger partial charge < -0.3 is 0 Å². The van der Waals surface area contributed by atoms with Crippen molar-refractivity contribution >= 4 is 35.0 Å². The van der Waals surface area contributed by atoms with Gasteiger partial charge in [0.05, 0.1) is 35.0 Å². The maximum Gasteiger partial charge on any atom is 0.238 e. The molecule has 13 rings (SSSR count). The Morgan fingerprint density at radius 3 is 0.667 bits per heavy atom. The minimum Gasteiger partial charge on any atom is -0.274 e. The molecule has 0 aromatic heterocycles. The van der Waals surface area contributed by atoms with Crippen LogP contribution in [0.4, 0.5) is 11.4 Å². The number of rotatable bonds is 2. The summed E-state index contributed by atoms with van der Waals surface area (Å²) >= 11 is 0. The highest BCUT2D eigenvalue weighted by molar-refractivity contribution is 6.25. The molecule has 0 spiro atoms. The van der Waals surface area contributed by atoms with Crippen molar-refractivity contribution in [1.82, 2.24) is 0 Å². The van der Waals surface area contributed by atoms with E-state index in [1.807, 2.05) is 48.5 Å². The summed E-state index contributed by atoms with van der Waals surface area (Å²) in [6.45, 7) is 0. The van der Waals surface area contributed by atoms with Crippen LogP contribution in [0.15, 0.2) is 121 Å². The Balaban J connectivity index is 0.951. The lowest BCUT2D eigenvalue weighted by Crippen LogP contribution is -2.41. The van der Waals surface area contributed by atoms with E-state index < -0.39 is 23.7 Å². The van der Waals surface area contributed by atoms with Crippen LogP contribution in [-0.4, -0.2) is 23.6 Å². The van der Waals surface area contributed by atoms with Gasteiger partial charge in [-0.25, -0.2) is 9.80 Å². The SMILES string of the molecule is O=C1[C@@H]2C3c4ccccc4C(c4ccccc43)[C@H]2C(=O)N1c1ccc(N2C(=O)[C@@H]3C4c5ccccc5C(c5ccccc54)[C@@H]3C2=O)cc1. The number of nitrogens with zero attached hydrogens (tertiary/aromatic N) is 2. The topological polar surface area (TPSA) is 74.8 Å². The van der Waals surface area contributed by atoms with Crippen molar-refractivity contribution in [3.63, 3.8) is 0 Å². The minimum atomic E-state index is -0.476. The first-order chi connectivity index (χ1) is 23.5. The fourth-order valence-corrected chi connectivity index (χ4v) is 10.6. The van der Waals surface area contributed by atoms with Crippen molar-refractivity contribution in [2.75, 3.05) is 9.80 Å². The predicted octanol–water partition coefficient (Wildman–Crippen LogP) is 6.48. The molecule has 0 N–H and O–H groups in total. The Labute approximate surface area is 276 Å². The Hall–Kier alpha value is -5.62. The van der Waals surface area contributed by atoms with Gasteiger partial charge in [0.1, 0.15) is 0 Å². The number of carbonyl (C=O) groups excluding carboxylic acids is 4. The molecule has 5 aromatic rings. The molecule has 5 aromatic carbocycles. The lowest BCUT2D eigenvalue weighted by molar-refractivity contribution is -0.124. The number of amides is 4. The Kier molecular flexibility index (Phi) is 4.98. The van der Waals surface area contributed by atoms with Gasteiger partial charge in [0.2, 0.25) is 23.6 Å². The molecule has 6 nitrogen and oxygen atoms in total. The Morgan fingerprint density at radius 1 is 0.292 bits per heavy atom. The third-order valence-corrected chi connectivity index (χ3v) is 12.3. The largest absolute Gasteiger partial charge is 0.274 e. The van der Waals surface area contributed by atoms with Crippen LogP contribution in [-0.2, 0) is 19.2 Å². The summed E-state index contributed by atoms with van der Waals surface area (Å²) in [5, 5.41) is 0. The number of hydrogen-bond acceptors (Lipinski definition) is 4. The summed E-state index contributed by atoms with van der Waals surface area (Å²) in [7, 11) is 0. The Morgan fingerprint density at radius 2 is 0.479 bits per heavy atom. The highest BCUT2D eigenvalue weighted by atomic mass is 16.2. The molecule has 6 aliphatic carbocycles. The number of hydrogen-bond donors (Lipinski definition) is 0. The van der Waals surface area contributed by atoms with Crippen LogP contribution in [0, 0.1) is 23.7 Å². The molecule has 2 fully saturated rings. The van der Waals surface area contributed by atoms with Crippen molar-refractivity contribution in [2.45, 2.75) is 23.7 Å². The van der Waals surface area contributed by atoms with E-state index in [4.69, 9.17) is 0 Å². The van der Waals surface area contributed by atoms with Crippen LogP contribution >= 0.6 is 0 Å². The van der Waals surface area contributed by atoms with Crippen molar-refractivity contribution in [3.05, 3.63) is 166 Å². The second-order valence-electron chi connectivity index (χ2n) is 14.1. The number of benzene rings is 5. The second kappa shape index (κ2) is 9.04. The van der Waals surface area contributed by atoms with Gasteiger partial charge in [-0.2, -0.15) is 0 Å². The van der Waals surface area contributed by atoms with Crippen molar-refractivity contribution in [1.29, 1.82) is 0 Å². The van der Waals surface area contributed by atoms with Gasteiger partial charge >= 0.3 is 0 Å². The van der Waals surface area contributed by atoms with E-state index in [0.717, 1.165) is 44.5 Å². The molecule has 8 aliphatic rings. The summed E-state index contributed by atoms with van der Waals surface area (Å²) in [6, 6.07) is 39.7. The molecule has 0 radical (unpaired) electrons. The van der Waals surface area contributed by atoms with E-state index in [9.17, 15) is 19.2 Å².